The van der Waals surface area contributed by atoms with Gasteiger partial charge in [0.05, 0.1) is 0 Å². The zero-order chi connectivity index (χ0) is 23.3. The number of ether oxygens (including phenoxy) is 1. The van der Waals surface area contributed by atoms with Gasteiger partial charge in [-0.25, -0.2) is 4.79 Å². The van der Waals surface area contributed by atoms with E-state index in [1.807, 2.05) is 0 Å². The van der Waals surface area contributed by atoms with Crippen molar-refractivity contribution in [1.82, 2.24) is 5.32 Å². The number of carbonyl (C=O) groups is 4. The molecule has 1 amide bonds. The Labute approximate surface area is 186 Å². The minimum absolute atomic E-state index is 0.0159. The largest absolute Gasteiger partial charge is 0.481 e. The van der Waals surface area contributed by atoms with E-state index < -0.39 is 18.0 Å². The van der Waals surface area contributed by atoms with E-state index in [1.54, 1.807) is 7.11 Å². The van der Waals surface area contributed by atoms with Crippen LogP contribution in [0.25, 0.3) is 0 Å². The molecule has 3 N–H and O–H groups in total. The molecule has 0 heterocycles. The molecule has 0 aromatic carbocycles. The minimum atomic E-state index is -1.11. The molecule has 0 rings (SSSR count). The fraction of sp³-hybridized carbons (Fsp3) is 0.826. The minimum Gasteiger partial charge on any atom is -0.481 e. The summed E-state index contributed by atoms with van der Waals surface area (Å²) in [5, 5.41) is 20.4. The van der Waals surface area contributed by atoms with E-state index in [0.717, 1.165) is 64.2 Å². The van der Waals surface area contributed by atoms with Gasteiger partial charge in [-0.2, -0.15) is 0 Å². The van der Waals surface area contributed by atoms with Crippen molar-refractivity contribution in [2.45, 2.75) is 109 Å². The van der Waals surface area contributed by atoms with Gasteiger partial charge in [0, 0.05) is 39.4 Å². The van der Waals surface area contributed by atoms with Gasteiger partial charge in [-0.1, -0.05) is 51.4 Å². The molecule has 8 heteroatoms. The maximum atomic E-state index is 12.0. The SMILES string of the molecule is COCCCC(=O)CC[C@H](NC(=O)CCCCCCCCCCCCC(=O)O)C(=O)O. The number of carbonyl (C=O) groups excluding carboxylic acids is 2. The van der Waals surface area contributed by atoms with Gasteiger partial charge in [0.2, 0.25) is 5.91 Å². The van der Waals surface area contributed by atoms with Crippen LogP contribution in [0.2, 0.25) is 0 Å². The fourth-order valence-corrected chi connectivity index (χ4v) is 3.34. The highest BCUT2D eigenvalue weighted by Gasteiger charge is 2.20. The van der Waals surface area contributed by atoms with Gasteiger partial charge in [-0.3, -0.25) is 14.4 Å². The van der Waals surface area contributed by atoms with Crippen LogP contribution in [-0.4, -0.2) is 53.6 Å². The predicted molar refractivity (Wildman–Crippen MR) is 118 cm³/mol. The first-order valence-electron chi connectivity index (χ1n) is 11.6. The van der Waals surface area contributed by atoms with Gasteiger partial charge >= 0.3 is 11.9 Å². The summed E-state index contributed by atoms with van der Waals surface area (Å²) in [4.78, 5) is 45.5. The van der Waals surface area contributed by atoms with Gasteiger partial charge in [0.1, 0.15) is 11.8 Å². The maximum absolute atomic E-state index is 12.0. The molecular weight excluding hydrogens is 402 g/mol. The van der Waals surface area contributed by atoms with Crippen molar-refractivity contribution in [3.8, 4) is 0 Å². The van der Waals surface area contributed by atoms with Crippen LogP contribution in [-0.2, 0) is 23.9 Å². The van der Waals surface area contributed by atoms with Crippen molar-refractivity contribution in [3.05, 3.63) is 0 Å². The second kappa shape index (κ2) is 20.0. The zero-order valence-electron chi connectivity index (χ0n) is 19.0. The number of carboxylic acid groups (broad SMARTS) is 2. The molecule has 1 atom stereocenters. The van der Waals surface area contributed by atoms with Crippen molar-refractivity contribution >= 4 is 23.6 Å². The van der Waals surface area contributed by atoms with Crippen LogP contribution in [0.3, 0.4) is 0 Å². The molecule has 0 spiro atoms. The first kappa shape index (κ1) is 29.0. The summed E-state index contributed by atoms with van der Waals surface area (Å²) in [5.41, 5.74) is 0. The van der Waals surface area contributed by atoms with E-state index in [9.17, 15) is 24.3 Å². The van der Waals surface area contributed by atoms with E-state index in [1.165, 1.54) is 0 Å². The van der Waals surface area contributed by atoms with Gasteiger partial charge in [-0.05, 0) is 25.7 Å². The molecule has 0 bridgehead atoms. The quantitative estimate of drug-likeness (QED) is 0.215. The molecule has 31 heavy (non-hydrogen) atoms. The second-order valence-corrected chi connectivity index (χ2v) is 8.06. The van der Waals surface area contributed by atoms with Crippen LogP contribution in [0, 0.1) is 0 Å². The van der Waals surface area contributed by atoms with Crippen LogP contribution < -0.4 is 5.32 Å². The number of ketones is 1. The zero-order valence-corrected chi connectivity index (χ0v) is 19.0. The third kappa shape index (κ3) is 19.7. The van der Waals surface area contributed by atoms with E-state index in [-0.39, 0.29) is 31.0 Å². The van der Waals surface area contributed by atoms with Gasteiger partial charge in [0.15, 0.2) is 0 Å². The molecule has 0 aromatic heterocycles. The summed E-state index contributed by atoms with van der Waals surface area (Å²) in [6.07, 6.45) is 11.8. The van der Waals surface area contributed by atoms with Crippen LogP contribution in [0.1, 0.15) is 103 Å². The van der Waals surface area contributed by atoms with E-state index in [4.69, 9.17) is 9.84 Å². The fourth-order valence-electron chi connectivity index (χ4n) is 3.34. The van der Waals surface area contributed by atoms with Crippen LogP contribution in [0.5, 0.6) is 0 Å². The Hall–Kier alpha value is -1.96. The third-order valence-electron chi connectivity index (χ3n) is 5.19. The number of rotatable bonds is 22. The monoisotopic (exact) mass is 443 g/mol. The summed E-state index contributed by atoms with van der Waals surface area (Å²) < 4.78 is 4.89. The van der Waals surface area contributed by atoms with Gasteiger partial charge in [-0.15, -0.1) is 0 Å². The molecule has 0 saturated heterocycles. The van der Waals surface area contributed by atoms with Crippen molar-refractivity contribution in [2.75, 3.05) is 13.7 Å². The Morgan fingerprint density at radius 1 is 0.710 bits per heavy atom. The first-order chi connectivity index (χ1) is 14.9. The number of nitrogens with one attached hydrogen (secondary N) is 1. The molecule has 0 aliphatic rings. The Morgan fingerprint density at radius 2 is 1.23 bits per heavy atom. The highest BCUT2D eigenvalue weighted by Crippen LogP contribution is 2.12. The summed E-state index contributed by atoms with van der Waals surface area (Å²) in [7, 11) is 1.57. The topological polar surface area (TPSA) is 130 Å². The Balaban J connectivity index is 3.71. The third-order valence-corrected chi connectivity index (χ3v) is 5.19. The van der Waals surface area contributed by atoms with E-state index >= 15 is 0 Å². The number of methoxy groups -OCH3 is 1. The summed E-state index contributed by atoms with van der Waals surface area (Å²) in [6, 6.07) is -1.02. The average molecular weight is 444 g/mol. The molecule has 0 aliphatic heterocycles. The van der Waals surface area contributed by atoms with Crippen molar-refractivity contribution in [1.29, 1.82) is 0 Å². The molecule has 0 saturated carbocycles. The lowest BCUT2D eigenvalue weighted by Crippen LogP contribution is -2.41. The Morgan fingerprint density at radius 3 is 1.71 bits per heavy atom. The number of aliphatic carboxylic acids is 2. The van der Waals surface area contributed by atoms with Gasteiger partial charge < -0.3 is 20.3 Å². The molecule has 0 aliphatic carbocycles. The summed E-state index contributed by atoms with van der Waals surface area (Å²) in [5.74, 6) is -2.13. The Kier molecular flexibility index (Phi) is 18.7. The lowest BCUT2D eigenvalue weighted by atomic mass is 10.0. The van der Waals surface area contributed by atoms with Crippen LogP contribution in [0.15, 0.2) is 0 Å². The second-order valence-electron chi connectivity index (χ2n) is 8.06. The van der Waals surface area contributed by atoms with Crippen molar-refractivity contribution in [3.63, 3.8) is 0 Å². The lowest BCUT2D eigenvalue weighted by molar-refractivity contribution is -0.142. The van der Waals surface area contributed by atoms with Crippen LogP contribution >= 0.6 is 0 Å². The van der Waals surface area contributed by atoms with Gasteiger partial charge in [0.25, 0.3) is 0 Å². The number of hydrogen-bond acceptors (Lipinski definition) is 5. The van der Waals surface area contributed by atoms with E-state index in [2.05, 4.69) is 5.32 Å². The Bertz CT molecular complexity index is 522. The normalized spacial score (nSPS) is 11.8. The molecule has 0 fully saturated rings. The standard InChI is InChI=1S/C23H41NO7/c1-31-18-12-13-19(25)16-17-20(23(29)30)24-21(26)14-10-8-6-4-2-3-5-7-9-11-15-22(27)28/h20H,2-18H2,1H3,(H,24,26)(H,27,28)(H,29,30)/t20-/m0/s1. The van der Waals surface area contributed by atoms with Crippen LogP contribution in [0.4, 0.5) is 0 Å². The summed E-state index contributed by atoms with van der Waals surface area (Å²) >= 11 is 0. The molecule has 0 unspecified atom stereocenters. The average Bonchev–Trinajstić information content (AvgIpc) is 2.71. The first-order valence-corrected chi connectivity index (χ1v) is 11.6. The number of carboxylic acids is 2. The highest BCUT2D eigenvalue weighted by atomic mass is 16.5. The summed E-state index contributed by atoms with van der Waals surface area (Å²) in [6.45, 7) is 0.499. The smallest absolute Gasteiger partial charge is 0.326 e. The molecular formula is C23H41NO7. The predicted octanol–water partition coefficient (Wildman–Crippen LogP) is 4.10. The highest BCUT2D eigenvalue weighted by molar-refractivity contribution is 5.84. The number of Topliss-reactive ketones (excluding diaryl/α,β-unsaturated/α-hetero) is 1. The van der Waals surface area contributed by atoms with Crippen molar-refractivity contribution < 1.29 is 34.1 Å². The molecule has 0 radical (unpaired) electrons. The molecule has 8 nitrogen and oxygen atoms in total. The number of amides is 1. The number of unbranched alkanes of at least 4 members (excludes halogenated alkanes) is 9. The molecule has 180 valence electrons. The number of hydrogen-bond donors (Lipinski definition) is 3. The van der Waals surface area contributed by atoms with E-state index in [0.29, 0.717) is 25.9 Å². The molecule has 0 aromatic rings. The maximum Gasteiger partial charge on any atom is 0.326 e. The van der Waals surface area contributed by atoms with Crippen molar-refractivity contribution in [2.24, 2.45) is 0 Å². The lowest BCUT2D eigenvalue weighted by Gasteiger charge is -2.14.